The summed E-state index contributed by atoms with van der Waals surface area (Å²) in [6.07, 6.45) is 3.20. The van der Waals surface area contributed by atoms with Crippen molar-refractivity contribution >= 4 is 17.6 Å². The van der Waals surface area contributed by atoms with Gasteiger partial charge < -0.3 is 14.4 Å². The van der Waals surface area contributed by atoms with Crippen LogP contribution in [0.25, 0.3) is 22.5 Å². The minimum Gasteiger partial charge on any atom is -0.508 e. The third-order valence-electron chi connectivity index (χ3n) is 7.59. The number of H-pyrrole nitrogens is 1. The smallest absolute Gasteiger partial charge is 0.324 e. The molecule has 0 fully saturated rings. The molecular weight excluding hydrogens is 578 g/mol. The number of aryl methyl sites for hydroxylation is 1. The van der Waals surface area contributed by atoms with Crippen LogP contribution in [0.15, 0.2) is 72.8 Å². The fraction of sp³-hybridized carbons (Fsp3) is 0.303. The van der Waals surface area contributed by atoms with Crippen molar-refractivity contribution in [1.82, 2.24) is 35.1 Å². The molecule has 5 rings (SSSR count). The molecule has 1 unspecified atom stereocenters. The van der Waals surface area contributed by atoms with E-state index in [1.54, 1.807) is 24.3 Å². The molecule has 3 aromatic carbocycles. The van der Waals surface area contributed by atoms with E-state index >= 15 is 0 Å². The summed E-state index contributed by atoms with van der Waals surface area (Å²) in [7, 11) is 3.69. The van der Waals surface area contributed by atoms with Crippen molar-refractivity contribution < 1.29 is 14.6 Å². The number of esters is 1. The Labute approximate surface area is 261 Å². The Bertz CT molecular complexity index is 1670. The molecule has 0 spiro atoms. The number of imidazole rings is 1. The van der Waals surface area contributed by atoms with E-state index in [2.05, 4.69) is 61.4 Å². The van der Waals surface area contributed by atoms with Crippen molar-refractivity contribution in [1.29, 1.82) is 0 Å². The number of hydrogen-bond donors (Lipinski definition) is 2. The quantitative estimate of drug-likeness (QED) is 0.162. The summed E-state index contributed by atoms with van der Waals surface area (Å²) >= 11 is 6.66. The number of likely N-dealkylation sites (N-methyl/N-ethyl adjacent to an activating group) is 1. The number of benzene rings is 3. The second-order valence-electron chi connectivity index (χ2n) is 10.9. The highest BCUT2D eigenvalue weighted by atomic mass is 35.5. The first-order chi connectivity index (χ1) is 21.3. The van der Waals surface area contributed by atoms with Crippen molar-refractivity contribution in [3.63, 3.8) is 0 Å². The van der Waals surface area contributed by atoms with Crippen LogP contribution >= 0.6 is 11.6 Å². The molecule has 0 aliphatic rings. The van der Waals surface area contributed by atoms with Crippen LogP contribution in [0, 0.1) is 0 Å². The Morgan fingerprint density at radius 2 is 1.73 bits per heavy atom. The highest BCUT2D eigenvalue weighted by Crippen LogP contribution is 2.30. The summed E-state index contributed by atoms with van der Waals surface area (Å²) in [5.74, 6) is 1.23. The lowest BCUT2D eigenvalue weighted by atomic mass is 9.98. The molecule has 44 heavy (non-hydrogen) atoms. The SMILES string of the molecule is CCCCc1nc(Cl)c(COC(=O)C(Cc2ccc(O)cc2)N(C)C)n1Cc1ccc(-c2ccccc2-c2nn[nH]n2)cc1. The number of aromatic hydroxyl groups is 1. The number of nitrogens with one attached hydrogen (secondary N) is 1. The first-order valence-electron chi connectivity index (χ1n) is 14.6. The van der Waals surface area contributed by atoms with E-state index in [0.717, 1.165) is 52.9 Å². The summed E-state index contributed by atoms with van der Waals surface area (Å²) in [6, 6.07) is 22.6. The maximum atomic E-state index is 13.3. The largest absolute Gasteiger partial charge is 0.508 e. The van der Waals surface area contributed by atoms with Gasteiger partial charge in [-0.25, -0.2) is 4.98 Å². The molecule has 228 valence electrons. The van der Waals surface area contributed by atoms with Crippen LogP contribution in [0.4, 0.5) is 0 Å². The minimum atomic E-state index is -0.503. The topological polar surface area (TPSA) is 122 Å². The predicted octanol–water partition coefficient (Wildman–Crippen LogP) is 5.70. The predicted molar refractivity (Wildman–Crippen MR) is 169 cm³/mol. The number of tetrazole rings is 1. The summed E-state index contributed by atoms with van der Waals surface area (Å²) in [5, 5.41) is 24.5. The third-order valence-corrected chi connectivity index (χ3v) is 7.89. The zero-order valence-electron chi connectivity index (χ0n) is 25.1. The fourth-order valence-corrected chi connectivity index (χ4v) is 5.36. The summed E-state index contributed by atoms with van der Waals surface area (Å²) in [5.41, 5.74) is 5.57. The van der Waals surface area contributed by atoms with E-state index in [-0.39, 0.29) is 18.3 Å². The highest BCUT2D eigenvalue weighted by Gasteiger charge is 2.25. The molecule has 11 heteroatoms. The van der Waals surface area contributed by atoms with Crippen LogP contribution in [-0.2, 0) is 35.5 Å². The standard InChI is InChI=1S/C33H36ClN7O3/c1-4-5-10-30-35-31(34)29(21-44-33(43)28(40(2)3)19-22-13-17-25(42)18-14-22)41(30)20-23-11-15-24(16-12-23)26-8-6-7-9-27(26)32-36-38-39-37-32/h6-9,11-18,28,42H,4-5,10,19-21H2,1-3H3,(H,36,37,38,39). The van der Waals surface area contributed by atoms with E-state index in [4.69, 9.17) is 16.3 Å². The van der Waals surface area contributed by atoms with Crippen molar-refractivity contribution in [2.45, 2.75) is 51.8 Å². The number of unbranched alkanes of at least 4 members (excludes halogenated alkanes) is 1. The van der Waals surface area contributed by atoms with Crippen LogP contribution in [0.2, 0.25) is 5.15 Å². The number of aromatic amines is 1. The number of nitrogens with zero attached hydrogens (tertiary/aromatic N) is 6. The summed E-state index contributed by atoms with van der Waals surface area (Å²) < 4.78 is 7.92. The number of phenols is 1. The van der Waals surface area contributed by atoms with E-state index in [9.17, 15) is 9.90 Å². The molecule has 0 saturated carbocycles. The number of halogens is 1. The lowest BCUT2D eigenvalue weighted by Crippen LogP contribution is -2.39. The fourth-order valence-electron chi connectivity index (χ4n) is 5.10. The molecule has 2 heterocycles. The van der Waals surface area contributed by atoms with Gasteiger partial charge in [-0.15, -0.1) is 10.2 Å². The Kier molecular flexibility index (Phi) is 10.0. The van der Waals surface area contributed by atoms with Gasteiger partial charge in [0.2, 0.25) is 5.82 Å². The lowest BCUT2D eigenvalue weighted by Gasteiger charge is -2.23. The van der Waals surface area contributed by atoms with Gasteiger partial charge in [0.15, 0.2) is 5.15 Å². The molecule has 5 aromatic rings. The number of rotatable bonds is 13. The van der Waals surface area contributed by atoms with Gasteiger partial charge in [0.05, 0.1) is 5.69 Å². The van der Waals surface area contributed by atoms with Gasteiger partial charge in [0.25, 0.3) is 0 Å². The maximum absolute atomic E-state index is 13.3. The second-order valence-corrected chi connectivity index (χ2v) is 11.2. The van der Waals surface area contributed by atoms with Gasteiger partial charge in [-0.3, -0.25) is 9.69 Å². The number of carbonyl (C=O) groups excluding carboxylic acids is 1. The third kappa shape index (κ3) is 7.32. The van der Waals surface area contributed by atoms with E-state index in [1.165, 1.54) is 0 Å². The molecule has 2 aromatic heterocycles. The Hall–Kier alpha value is -4.54. The Morgan fingerprint density at radius 1 is 1.02 bits per heavy atom. The zero-order valence-corrected chi connectivity index (χ0v) is 25.8. The average molecular weight is 614 g/mol. The first-order valence-corrected chi connectivity index (χ1v) is 15.0. The van der Waals surface area contributed by atoms with Crippen molar-refractivity contribution in [2.24, 2.45) is 0 Å². The van der Waals surface area contributed by atoms with Crippen LogP contribution in [0.1, 0.15) is 42.4 Å². The van der Waals surface area contributed by atoms with Gasteiger partial charge in [-0.2, -0.15) is 5.21 Å². The average Bonchev–Trinajstić information content (AvgIpc) is 3.67. The van der Waals surface area contributed by atoms with Crippen molar-refractivity contribution in [3.8, 4) is 28.3 Å². The lowest BCUT2D eigenvalue weighted by molar-refractivity contribution is -0.150. The zero-order chi connectivity index (χ0) is 31.1. The maximum Gasteiger partial charge on any atom is 0.324 e. The van der Waals surface area contributed by atoms with Gasteiger partial charge in [0.1, 0.15) is 24.2 Å². The second kappa shape index (κ2) is 14.3. The van der Waals surface area contributed by atoms with Crippen LogP contribution in [0.3, 0.4) is 0 Å². The molecule has 2 N–H and O–H groups in total. The number of phenolic OH excluding ortho intramolecular Hbond substituents is 1. The Morgan fingerprint density at radius 3 is 2.39 bits per heavy atom. The van der Waals surface area contributed by atoms with Crippen LogP contribution < -0.4 is 0 Å². The summed E-state index contributed by atoms with van der Waals surface area (Å²) in [4.78, 5) is 19.8. The van der Waals surface area contributed by atoms with Crippen molar-refractivity contribution in [3.05, 3.63) is 101 Å². The van der Waals surface area contributed by atoms with Crippen molar-refractivity contribution in [2.75, 3.05) is 14.1 Å². The molecule has 0 aliphatic carbocycles. The highest BCUT2D eigenvalue weighted by molar-refractivity contribution is 6.30. The van der Waals surface area contributed by atoms with Crippen LogP contribution in [0.5, 0.6) is 5.75 Å². The van der Waals surface area contributed by atoms with E-state index in [0.29, 0.717) is 29.6 Å². The van der Waals surface area contributed by atoms with Gasteiger partial charge in [-0.05, 0) is 66.5 Å². The molecule has 0 bridgehead atoms. The number of ether oxygens (including phenoxy) is 1. The van der Waals surface area contributed by atoms with Gasteiger partial charge in [-0.1, -0.05) is 85.6 Å². The molecular formula is C33H36ClN7O3. The molecule has 0 radical (unpaired) electrons. The molecule has 0 amide bonds. The van der Waals surface area contributed by atoms with E-state index < -0.39 is 6.04 Å². The molecule has 0 aliphatic heterocycles. The molecule has 1 atom stereocenters. The minimum absolute atomic E-state index is 0.00681. The molecule has 0 saturated heterocycles. The summed E-state index contributed by atoms with van der Waals surface area (Å²) in [6.45, 7) is 2.67. The van der Waals surface area contributed by atoms with Crippen LogP contribution in [-0.4, -0.2) is 66.3 Å². The molecule has 10 nitrogen and oxygen atoms in total. The monoisotopic (exact) mass is 613 g/mol. The van der Waals surface area contributed by atoms with E-state index in [1.807, 2.05) is 43.3 Å². The number of aromatic nitrogens is 6. The van der Waals surface area contributed by atoms with Gasteiger partial charge in [0, 0.05) is 18.5 Å². The normalized spacial score (nSPS) is 12.0. The van der Waals surface area contributed by atoms with Gasteiger partial charge >= 0.3 is 5.97 Å². The Balaban J connectivity index is 1.35. The number of hydrogen-bond acceptors (Lipinski definition) is 8. The first kappa shape index (κ1) is 30.9. The number of carbonyl (C=O) groups is 1.